The number of fused-ring (bicyclic) bond motifs is 1. The van der Waals surface area contributed by atoms with Crippen LogP contribution in [0.1, 0.15) is 25.5 Å². The minimum absolute atomic E-state index is 0.126. The van der Waals surface area contributed by atoms with E-state index in [0.29, 0.717) is 30.2 Å². The summed E-state index contributed by atoms with van der Waals surface area (Å²) in [6.07, 6.45) is 0. The number of hydrogen-bond acceptors (Lipinski definition) is 5. The van der Waals surface area contributed by atoms with Gasteiger partial charge in [-0.05, 0) is 30.7 Å². The third-order valence-electron chi connectivity index (χ3n) is 4.53. The summed E-state index contributed by atoms with van der Waals surface area (Å²) in [6, 6.07) is 10.5. The summed E-state index contributed by atoms with van der Waals surface area (Å²) >= 11 is 0. The largest absolute Gasteiger partial charge is 0.493 e. The van der Waals surface area contributed by atoms with Crippen molar-refractivity contribution in [2.75, 3.05) is 26.9 Å². The SMILES string of the molecule is CCOc1ccc2ccccc2c1[C@@H]1NC(=O)NC(C)=C1C(=O)OCCOC. The van der Waals surface area contributed by atoms with E-state index in [1.54, 1.807) is 6.92 Å². The topological polar surface area (TPSA) is 85.9 Å². The fourth-order valence-electron chi connectivity index (χ4n) is 3.33. The van der Waals surface area contributed by atoms with Crippen LogP contribution in [0, 0.1) is 0 Å². The highest BCUT2D eigenvalue weighted by Crippen LogP contribution is 2.38. The summed E-state index contributed by atoms with van der Waals surface area (Å²) in [6.45, 7) is 4.45. The molecule has 28 heavy (non-hydrogen) atoms. The maximum Gasteiger partial charge on any atom is 0.338 e. The Morgan fingerprint density at radius 1 is 1.14 bits per heavy atom. The lowest BCUT2D eigenvalue weighted by Crippen LogP contribution is -2.45. The first-order valence-corrected chi connectivity index (χ1v) is 9.15. The maximum absolute atomic E-state index is 12.8. The summed E-state index contributed by atoms with van der Waals surface area (Å²) in [7, 11) is 1.54. The van der Waals surface area contributed by atoms with E-state index in [2.05, 4.69) is 10.6 Å². The Kier molecular flexibility index (Phi) is 6.16. The predicted molar refractivity (Wildman–Crippen MR) is 105 cm³/mol. The number of allylic oxidation sites excluding steroid dienone is 1. The van der Waals surface area contributed by atoms with Gasteiger partial charge in [0.15, 0.2) is 0 Å². The van der Waals surface area contributed by atoms with Gasteiger partial charge in [-0.25, -0.2) is 9.59 Å². The smallest absolute Gasteiger partial charge is 0.338 e. The molecule has 1 aliphatic rings. The van der Waals surface area contributed by atoms with E-state index in [-0.39, 0.29) is 12.6 Å². The molecule has 0 saturated heterocycles. The number of rotatable bonds is 7. The van der Waals surface area contributed by atoms with Crippen molar-refractivity contribution >= 4 is 22.8 Å². The van der Waals surface area contributed by atoms with Gasteiger partial charge in [0, 0.05) is 18.4 Å². The Bertz CT molecular complexity index is 922. The van der Waals surface area contributed by atoms with Crippen molar-refractivity contribution in [1.29, 1.82) is 0 Å². The molecule has 148 valence electrons. The van der Waals surface area contributed by atoms with E-state index in [1.165, 1.54) is 7.11 Å². The van der Waals surface area contributed by atoms with Crippen LogP contribution in [-0.2, 0) is 14.3 Å². The fraction of sp³-hybridized carbons (Fsp3) is 0.333. The molecule has 0 saturated carbocycles. The first-order valence-electron chi connectivity index (χ1n) is 9.15. The normalized spacial score (nSPS) is 16.5. The number of amides is 2. The molecule has 7 heteroatoms. The molecule has 0 aliphatic carbocycles. The van der Waals surface area contributed by atoms with Crippen LogP contribution in [0.3, 0.4) is 0 Å². The van der Waals surface area contributed by atoms with E-state index in [0.717, 1.165) is 16.3 Å². The summed E-state index contributed by atoms with van der Waals surface area (Å²) in [5, 5.41) is 7.40. The Labute approximate surface area is 163 Å². The molecule has 0 unspecified atom stereocenters. The van der Waals surface area contributed by atoms with Crippen molar-refractivity contribution in [3.8, 4) is 5.75 Å². The molecule has 2 N–H and O–H groups in total. The molecule has 0 spiro atoms. The average Bonchev–Trinajstić information content (AvgIpc) is 2.67. The molecule has 1 aliphatic heterocycles. The lowest BCUT2D eigenvalue weighted by Gasteiger charge is -2.30. The monoisotopic (exact) mass is 384 g/mol. The van der Waals surface area contributed by atoms with Gasteiger partial charge in [-0.2, -0.15) is 0 Å². The zero-order valence-corrected chi connectivity index (χ0v) is 16.2. The van der Waals surface area contributed by atoms with Crippen LogP contribution in [-0.4, -0.2) is 38.9 Å². The van der Waals surface area contributed by atoms with Gasteiger partial charge < -0.3 is 24.8 Å². The summed E-state index contributed by atoms with van der Waals surface area (Å²) in [5.74, 6) is 0.103. The van der Waals surface area contributed by atoms with Crippen molar-refractivity contribution in [1.82, 2.24) is 10.6 Å². The zero-order chi connectivity index (χ0) is 20.1. The Morgan fingerprint density at radius 3 is 2.68 bits per heavy atom. The zero-order valence-electron chi connectivity index (χ0n) is 16.2. The molecule has 0 fully saturated rings. The number of benzene rings is 2. The number of carbonyl (C=O) groups is 2. The molecule has 0 bridgehead atoms. The Hall–Kier alpha value is -3.06. The van der Waals surface area contributed by atoms with Gasteiger partial charge in [0.25, 0.3) is 0 Å². The summed E-state index contributed by atoms with van der Waals surface area (Å²) in [4.78, 5) is 25.0. The van der Waals surface area contributed by atoms with Gasteiger partial charge in [0.05, 0.1) is 24.8 Å². The molecule has 2 aromatic carbocycles. The maximum atomic E-state index is 12.8. The molecular formula is C21H24N2O5. The van der Waals surface area contributed by atoms with Crippen LogP contribution in [0.5, 0.6) is 5.75 Å². The van der Waals surface area contributed by atoms with Crippen LogP contribution in [0.2, 0.25) is 0 Å². The van der Waals surface area contributed by atoms with Gasteiger partial charge in [-0.15, -0.1) is 0 Å². The van der Waals surface area contributed by atoms with Crippen molar-refractivity contribution in [3.63, 3.8) is 0 Å². The van der Waals surface area contributed by atoms with Crippen LogP contribution in [0.15, 0.2) is 47.7 Å². The minimum atomic E-state index is -0.698. The Balaban J connectivity index is 2.13. The van der Waals surface area contributed by atoms with Crippen LogP contribution in [0.4, 0.5) is 4.79 Å². The van der Waals surface area contributed by atoms with Gasteiger partial charge in [-0.3, -0.25) is 0 Å². The standard InChI is InChI=1S/C21H24N2O5/c1-4-27-16-10-9-14-7-5-6-8-15(14)18(16)19-17(13(2)22-21(25)23-19)20(24)28-12-11-26-3/h5-10,19H,4,11-12H2,1-3H3,(H2,22,23,25)/t19-/m1/s1. The van der Waals surface area contributed by atoms with Crippen molar-refractivity contribution < 1.29 is 23.8 Å². The van der Waals surface area contributed by atoms with E-state index in [9.17, 15) is 9.59 Å². The van der Waals surface area contributed by atoms with Gasteiger partial charge in [0.1, 0.15) is 12.4 Å². The highest BCUT2D eigenvalue weighted by atomic mass is 16.6. The molecular weight excluding hydrogens is 360 g/mol. The summed E-state index contributed by atoms with van der Waals surface area (Å²) in [5.41, 5.74) is 1.52. The van der Waals surface area contributed by atoms with E-state index in [1.807, 2.05) is 43.3 Å². The molecule has 1 atom stereocenters. The highest BCUT2D eigenvalue weighted by molar-refractivity contribution is 5.98. The lowest BCUT2D eigenvalue weighted by atomic mass is 9.90. The van der Waals surface area contributed by atoms with Crippen molar-refractivity contribution in [2.45, 2.75) is 19.9 Å². The third-order valence-corrected chi connectivity index (χ3v) is 4.53. The summed E-state index contributed by atoms with van der Waals surface area (Å²) < 4.78 is 16.1. The first-order chi connectivity index (χ1) is 13.6. The van der Waals surface area contributed by atoms with Gasteiger partial charge in [-0.1, -0.05) is 30.3 Å². The van der Waals surface area contributed by atoms with E-state index < -0.39 is 12.0 Å². The number of methoxy groups -OCH3 is 1. The van der Waals surface area contributed by atoms with Crippen LogP contribution in [0.25, 0.3) is 10.8 Å². The molecule has 7 nitrogen and oxygen atoms in total. The lowest BCUT2D eigenvalue weighted by molar-refractivity contribution is -0.140. The number of esters is 1. The number of urea groups is 1. The van der Waals surface area contributed by atoms with Gasteiger partial charge >= 0.3 is 12.0 Å². The number of hydrogen-bond donors (Lipinski definition) is 2. The molecule has 1 heterocycles. The van der Waals surface area contributed by atoms with E-state index in [4.69, 9.17) is 14.2 Å². The second-order valence-electron chi connectivity index (χ2n) is 6.33. The second kappa shape index (κ2) is 8.75. The molecule has 0 radical (unpaired) electrons. The number of nitrogens with one attached hydrogen (secondary N) is 2. The van der Waals surface area contributed by atoms with E-state index >= 15 is 0 Å². The average molecular weight is 384 g/mol. The fourth-order valence-corrected chi connectivity index (χ4v) is 3.33. The highest BCUT2D eigenvalue weighted by Gasteiger charge is 2.35. The third kappa shape index (κ3) is 3.94. The molecule has 2 amide bonds. The quantitative estimate of drug-likeness (QED) is 0.566. The van der Waals surface area contributed by atoms with Crippen LogP contribution < -0.4 is 15.4 Å². The number of carbonyl (C=O) groups excluding carboxylic acids is 2. The second-order valence-corrected chi connectivity index (χ2v) is 6.33. The predicted octanol–water partition coefficient (Wildman–Crippen LogP) is 3.06. The molecule has 0 aromatic heterocycles. The number of ether oxygens (including phenoxy) is 3. The molecule has 3 rings (SSSR count). The minimum Gasteiger partial charge on any atom is -0.493 e. The van der Waals surface area contributed by atoms with Gasteiger partial charge in [0.2, 0.25) is 0 Å². The Morgan fingerprint density at radius 2 is 1.93 bits per heavy atom. The van der Waals surface area contributed by atoms with Crippen molar-refractivity contribution in [3.05, 3.63) is 53.2 Å². The molecule has 2 aromatic rings. The van der Waals surface area contributed by atoms with Crippen molar-refractivity contribution in [2.24, 2.45) is 0 Å². The van der Waals surface area contributed by atoms with Crippen LogP contribution >= 0.6 is 0 Å². The first kappa shape index (κ1) is 19.7.